The van der Waals surface area contributed by atoms with Crippen molar-refractivity contribution < 1.29 is 4.79 Å². The van der Waals surface area contributed by atoms with Crippen LogP contribution < -0.4 is 5.32 Å². The number of para-hydroxylation sites is 2. The molecule has 1 heterocycles. The normalized spacial score (nSPS) is 10.9. The molecule has 2 aromatic carbocycles. The Hall–Kier alpha value is -2.33. The molecule has 3 rings (SSSR count). The lowest BCUT2D eigenvalue weighted by Crippen LogP contribution is -2.27. The monoisotopic (exact) mass is 327 g/mol. The highest BCUT2D eigenvalue weighted by Crippen LogP contribution is 2.14. The van der Waals surface area contributed by atoms with Crippen molar-refractivity contribution in [2.45, 2.75) is 12.8 Å². The summed E-state index contributed by atoms with van der Waals surface area (Å²) in [5.74, 6) is 0.959. The van der Waals surface area contributed by atoms with E-state index in [9.17, 15) is 4.79 Å². The summed E-state index contributed by atoms with van der Waals surface area (Å²) in [5.41, 5.74) is 3.00. The zero-order chi connectivity index (χ0) is 16.2. The van der Waals surface area contributed by atoms with Gasteiger partial charge in [-0.2, -0.15) is 0 Å². The number of benzene rings is 2. The van der Waals surface area contributed by atoms with Crippen LogP contribution in [0.4, 0.5) is 0 Å². The van der Waals surface area contributed by atoms with Crippen LogP contribution in [0.5, 0.6) is 0 Å². The molecule has 1 amide bonds. The molecule has 0 bridgehead atoms. The Bertz CT molecular complexity index is 841. The zero-order valence-electron chi connectivity index (χ0n) is 12.9. The summed E-state index contributed by atoms with van der Waals surface area (Å²) in [6.07, 6.45) is 1.04. The average molecular weight is 328 g/mol. The number of imidazole rings is 1. The van der Waals surface area contributed by atoms with Crippen LogP contribution in [0, 0.1) is 0 Å². The molecule has 0 unspecified atom stereocenters. The van der Waals surface area contributed by atoms with Gasteiger partial charge >= 0.3 is 0 Å². The van der Waals surface area contributed by atoms with Gasteiger partial charge in [0.25, 0.3) is 0 Å². The van der Waals surface area contributed by atoms with Gasteiger partial charge in [0.05, 0.1) is 17.5 Å². The van der Waals surface area contributed by atoms with Crippen molar-refractivity contribution in [3.05, 3.63) is 64.9 Å². The Morgan fingerprint density at radius 3 is 2.83 bits per heavy atom. The van der Waals surface area contributed by atoms with E-state index in [4.69, 9.17) is 11.6 Å². The van der Waals surface area contributed by atoms with E-state index in [1.807, 2.05) is 49.5 Å². The minimum Gasteiger partial charge on any atom is -0.355 e. The van der Waals surface area contributed by atoms with Gasteiger partial charge in [-0.05, 0) is 29.8 Å². The van der Waals surface area contributed by atoms with Crippen molar-refractivity contribution in [3.8, 4) is 0 Å². The third-order valence-electron chi connectivity index (χ3n) is 3.80. The van der Waals surface area contributed by atoms with Gasteiger partial charge in [-0.25, -0.2) is 4.98 Å². The number of halogens is 1. The lowest BCUT2D eigenvalue weighted by molar-refractivity contribution is -0.120. The minimum absolute atomic E-state index is 0.00830. The number of rotatable bonds is 5. The summed E-state index contributed by atoms with van der Waals surface area (Å²) in [7, 11) is 2.00. The number of fused-ring (bicyclic) bond motifs is 1. The standard InChI is InChI=1S/C18H18ClN3O/c1-22-16-8-3-2-7-15(16)21-17(22)9-10-20-18(23)12-13-5-4-6-14(19)11-13/h2-8,11H,9-10,12H2,1H3,(H,20,23). The molecule has 1 N–H and O–H groups in total. The maximum absolute atomic E-state index is 12.0. The van der Waals surface area contributed by atoms with Crippen LogP contribution in [0.2, 0.25) is 5.02 Å². The molecule has 0 aliphatic rings. The smallest absolute Gasteiger partial charge is 0.224 e. The molecular formula is C18H18ClN3O. The van der Waals surface area contributed by atoms with E-state index in [-0.39, 0.29) is 5.91 Å². The van der Waals surface area contributed by atoms with E-state index in [0.717, 1.165) is 22.4 Å². The predicted octanol–water partition coefficient (Wildman–Crippen LogP) is 3.13. The first kappa shape index (κ1) is 15.6. The maximum atomic E-state index is 12.0. The largest absolute Gasteiger partial charge is 0.355 e. The molecule has 0 saturated carbocycles. The van der Waals surface area contributed by atoms with E-state index in [2.05, 4.69) is 14.9 Å². The number of aryl methyl sites for hydroxylation is 1. The van der Waals surface area contributed by atoms with Crippen LogP contribution >= 0.6 is 11.6 Å². The molecule has 23 heavy (non-hydrogen) atoms. The van der Waals surface area contributed by atoms with Crippen LogP contribution in [-0.4, -0.2) is 22.0 Å². The van der Waals surface area contributed by atoms with E-state index in [0.29, 0.717) is 24.4 Å². The fraction of sp³-hybridized carbons (Fsp3) is 0.222. The Morgan fingerprint density at radius 2 is 2.04 bits per heavy atom. The van der Waals surface area contributed by atoms with Crippen molar-refractivity contribution in [1.82, 2.24) is 14.9 Å². The number of carbonyl (C=O) groups is 1. The van der Waals surface area contributed by atoms with Gasteiger partial charge in [-0.3, -0.25) is 4.79 Å². The second kappa shape index (κ2) is 6.84. The number of carbonyl (C=O) groups excluding carboxylic acids is 1. The quantitative estimate of drug-likeness (QED) is 0.782. The summed E-state index contributed by atoms with van der Waals surface area (Å²) in [5, 5.41) is 3.58. The van der Waals surface area contributed by atoms with Crippen LogP contribution in [0.1, 0.15) is 11.4 Å². The maximum Gasteiger partial charge on any atom is 0.224 e. The van der Waals surface area contributed by atoms with E-state index >= 15 is 0 Å². The van der Waals surface area contributed by atoms with Crippen molar-refractivity contribution in [1.29, 1.82) is 0 Å². The van der Waals surface area contributed by atoms with Gasteiger partial charge < -0.3 is 9.88 Å². The Balaban J connectivity index is 1.56. The lowest BCUT2D eigenvalue weighted by atomic mass is 10.1. The average Bonchev–Trinajstić information content (AvgIpc) is 2.84. The van der Waals surface area contributed by atoms with Gasteiger partial charge in [-0.15, -0.1) is 0 Å². The van der Waals surface area contributed by atoms with Crippen LogP contribution in [-0.2, 0) is 24.7 Å². The topological polar surface area (TPSA) is 46.9 Å². The number of hydrogen-bond acceptors (Lipinski definition) is 2. The van der Waals surface area contributed by atoms with Gasteiger partial charge in [-0.1, -0.05) is 35.9 Å². The molecule has 118 valence electrons. The van der Waals surface area contributed by atoms with Gasteiger partial charge in [0, 0.05) is 25.0 Å². The van der Waals surface area contributed by atoms with Gasteiger partial charge in [0.15, 0.2) is 0 Å². The highest BCUT2D eigenvalue weighted by atomic mass is 35.5. The molecule has 4 nitrogen and oxygen atoms in total. The molecule has 0 radical (unpaired) electrons. The number of hydrogen-bond donors (Lipinski definition) is 1. The predicted molar refractivity (Wildman–Crippen MR) is 92.6 cm³/mol. The molecule has 0 fully saturated rings. The van der Waals surface area contributed by atoms with Gasteiger partial charge in [0.1, 0.15) is 5.82 Å². The summed E-state index contributed by atoms with van der Waals surface area (Å²) >= 11 is 5.93. The highest BCUT2D eigenvalue weighted by molar-refractivity contribution is 6.30. The first-order valence-electron chi connectivity index (χ1n) is 7.55. The summed E-state index contributed by atoms with van der Waals surface area (Å²) < 4.78 is 2.07. The summed E-state index contributed by atoms with van der Waals surface area (Å²) in [4.78, 5) is 16.6. The third kappa shape index (κ3) is 3.71. The molecule has 0 aliphatic heterocycles. The van der Waals surface area contributed by atoms with Crippen LogP contribution in [0.3, 0.4) is 0 Å². The first-order valence-corrected chi connectivity index (χ1v) is 7.93. The summed E-state index contributed by atoms with van der Waals surface area (Å²) in [6, 6.07) is 15.4. The Kier molecular flexibility index (Phi) is 4.63. The molecular weight excluding hydrogens is 310 g/mol. The minimum atomic E-state index is -0.00830. The Labute approximate surface area is 140 Å². The highest BCUT2D eigenvalue weighted by Gasteiger charge is 2.08. The SMILES string of the molecule is Cn1c(CCNC(=O)Cc2cccc(Cl)c2)nc2ccccc21. The van der Waals surface area contributed by atoms with Crippen molar-refractivity contribution in [3.63, 3.8) is 0 Å². The molecule has 0 spiro atoms. The fourth-order valence-electron chi connectivity index (χ4n) is 2.63. The summed E-state index contributed by atoms with van der Waals surface area (Å²) in [6.45, 7) is 0.566. The van der Waals surface area contributed by atoms with Crippen molar-refractivity contribution in [2.24, 2.45) is 7.05 Å². The number of aromatic nitrogens is 2. The van der Waals surface area contributed by atoms with E-state index in [1.54, 1.807) is 6.07 Å². The molecule has 5 heteroatoms. The zero-order valence-corrected chi connectivity index (χ0v) is 13.7. The van der Waals surface area contributed by atoms with Crippen LogP contribution in [0.25, 0.3) is 11.0 Å². The fourth-order valence-corrected chi connectivity index (χ4v) is 2.84. The van der Waals surface area contributed by atoms with E-state index < -0.39 is 0 Å². The first-order chi connectivity index (χ1) is 11.1. The second-order valence-corrected chi connectivity index (χ2v) is 5.92. The Morgan fingerprint density at radius 1 is 1.22 bits per heavy atom. The lowest BCUT2D eigenvalue weighted by Gasteiger charge is -2.06. The van der Waals surface area contributed by atoms with Crippen LogP contribution in [0.15, 0.2) is 48.5 Å². The molecule has 1 aromatic heterocycles. The number of amides is 1. The van der Waals surface area contributed by atoms with Crippen molar-refractivity contribution in [2.75, 3.05) is 6.54 Å². The molecule has 3 aromatic rings. The molecule has 0 aliphatic carbocycles. The third-order valence-corrected chi connectivity index (χ3v) is 4.04. The second-order valence-electron chi connectivity index (χ2n) is 5.48. The number of nitrogens with zero attached hydrogens (tertiary/aromatic N) is 2. The van der Waals surface area contributed by atoms with Crippen molar-refractivity contribution >= 4 is 28.5 Å². The molecule has 0 saturated heterocycles. The van der Waals surface area contributed by atoms with Gasteiger partial charge in [0.2, 0.25) is 5.91 Å². The van der Waals surface area contributed by atoms with E-state index in [1.165, 1.54) is 0 Å². The molecule has 0 atom stereocenters. The number of nitrogens with one attached hydrogen (secondary N) is 1.